The summed E-state index contributed by atoms with van der Waals surface area (Å²) in [6.07, 6.45) is 0. The lowest BCUT2D eigenvalue weighted by Crippen LogP contribution is -2.10. The van der Waals surface area contributed by atoms with Gasteiger partial charge in [-0.25, -0.2) is 4.39 Å². The molecular weight excluding hydrogens is 203 g/mol. The number of hydrogen-bond acceptors (Lipinski definition) is 1. The zero-order valence-electron chi connectivity index (χ0n) is 9.92. The van der Waals surface area contributed by atoms with Gasteiger partial charge in [0.05, 0.1) is 5.52 Å². The molecule has 0 unspecified atom stereocenters. The summed E-state index contributed by atoms with van der Waals surface area (Å²) in [7, 11) is 0. The van der Waals surface area contributed by atoms with Crippen molar-refractivity contribution in [2.24, 2.45) is 5.73 Å². The number of aryl methyl sites for hydroxylation is 1. The molecule has 86 valence electrons. The summed E-state index contributed by atoms with van der Waals surface area (Å²) < 4.78 is 15.9. The highest BCUT2D eigenvalue weighted by atomic mass is 19.1. The van der Waals surface area contributed by atoms with Crippen LogP contribution in [0.3, 0.4) is 0 Å². The van der Waals surface area contributed by atoms with E-state index in [0.717, 1.165) is 16.6 Å². The summed E-state index contributed by atoms with van der Waals surface area (Å²) >= 11 is 0. The Morgan fingerprint density at radius 1 is 1.38 bits per heavy atom. The maximum absolute atomic E-state index is 13.9. The standard InChI is InChI=1S/C13H17FN2/c1-8(2)16-12(7-15)9(3)10-5-4-6-11(14)13(10)16/h4-6,8H,7,15H2,1-3H3. The van der Waals surface area contributed by atoms with Gasteiger partial charge < -0.3 is 10.3 Å². The highest BCUT2D eigenvalue weighted by molar-refractivity contribution is 5.86. The van der Waals surface area contributed by atoms with E-state index in [9.17, 15) is 4.39 Å². The fourth-order valence-electron chi connectivity index (χ4n) is 2.36. The molecule has 0 atom stereocenters. The van der Waals surface area contributed by atoms with E-state index in [1.807, 2.05) is 31.4 Å². The molecule has 2 nitrogen and oxygen atoms in total. The highest BCUT2D eigenvalue weighted by Crippen LogP contribution is 2.30. The molecule has 1 aromatic carbocycles. The van der Waals surface area contributed by atoms with E-state index in [1.165, 1.54) is 6.07 Å². The van der Waals surface area contributed by atoms with Crippen molar-refractivity contribution in [2.75, 3.05) is 0 Å². The molecule has 3 heteroatoms. The lowest BCUT2D eigenvalue weighted by Gasteiger charge is -2.14. The minimum absolute atomic E-state index is 0.172. The summed E-state index contributed by atoms with van der Waals surface area (Å²) in [6, 6.07) is 5.41. The van der Waals surface area contributed by atoms with E-state index < -0.39 is 0 Å². The number of hydrogen-bond donors (Lipinski definition) is 1. The van der Waals surface area contributed by atoms with Gasteiger partial charge in [0.15, 0.2) is 0 Å². The summed E-state index contributed by atoms with van der Waals surface area (Å²) in [5, 5.41) is 0.967. The number of benzene rings is 1. The first kappa shape index (κ1) is 11.1. The van der Waals surface area contributed by atoms with Crippen LogP contribution in [0.25, 0.3) is 10.9 Å². The molecule has 0 aliphatic carbocycles. The lowest BCUT2D eigenvalue weighted by molar-refractivity contribution is 0.570. The van der Waals surface area contributed by atoms with Gasteiger partial charge in [0.25, 0.3) is 0 Å². The zero-order chi connectivity index (χ0) is 11.9. The van der Waals surface area contributed by atoms with Crippen LogP contribution in [-0.4, -0.2) is 4.57 Å². The van der Waals surface area contributed by atoms with Crippen LogP contribution in [0.4, 0.5) is 4.39 Å². The van der Waals surface area contributed by atoms with Crippen LogP contribution in [0.5, 0.6) is 0 Å². The fourth-order valence-corrected chi connectivity index (χ4v) is 2.36. The molecule has 2 N–H and O–H groups in total. The van der Waals surface area contributed by atoms with Gasteiger partial charge in [-0.2, -0.15) is 0 Å². The Hall–Kier alpha value is -1.35. The second kappa shape index (κ2) is 3.91. The van der Waals surface area contributed by atoms with Crippen LogP contribution in [0.1, 0.15) is 31.1 Å². The van der Waals surface area contributed by atoms with E-state index in [4.69, 9.17) is 5.73 Å². The molecule has 0 fully saturated rings. The second-order valence-electron chi connectivity index (χ2n) is 4.38. The fraction of sp³-hybridized carbons (Fsp3) is 0.385. The molecule has 0 saturated heterocycles. The van der Waals surface area contributed by atoms with Crippen LogP contribution < -0.4 is 5.73 Å². The summed E-state index contributed by atoms with van der Waals surface area (Å²) in [4.78, 5) is 0. The van der Waals surface area contributed by atoms with E-state index in [-0.39, 0.29) is 11.9 Å². The van der Waals surface area contributed by atoms with Gasteiger partial charge in [-0.15, -0.1) is 0 Å². The predicted octanol–water partition coefficient (Wildman–Crippen LogP) is 3.13. The molecule has 0 amide bonds. The number of para-hydroxylation sites is 1. The van der Waals surface area contributed by atoms with Gasteiger partial charge in [-0.3, -0.25) is 0 Å². The van der Waals surface area contributed by atoms with Gasteiger partial charge in [-0.1, -0.05) is 12.1 Å². The molecule has 2 aromatic rings. The molecule has 0 radical (unpaired) electrons. The van der Waals surface area contributed by atoms with E-state index in [2.05, 4.69) is 0 Å². The molecule has 16 heavy (non-hydrogen) atoms. The van der Waals surface area contributed by atoms with Crippen molar-refractivity contribution < 1.29 is 4.39 Å². The number of fused-ring (bicyclic) bond motifs is 1. The third-order valence-electron chi connectivity index (χ3n) is 3.07. The minimum Gasteiger partial charge on any atom is -0.338 e. The van der Waals surface area contributed by atoms with Gasteiger partial charge >= 0.3 is 0 Å². The first-order valence-electron chi connectivity index (χ1n) is 5.55. The van der Waals surface area contributed by atoms with Crippen LogP contribution >= 0.6 is 0 Å². The van der Waals surface area contributed by atoms with Gasteiger partial charge in [0, 0.05) is 23.7 Å². The molecule has 1 aromatic heterocycles. The third-order valence-corrected chi connectivity index (χ3v) is 3.07. The Morgan fingerprint density at radius 2 is 2.06 bits per heavy atom. The highest BCUT2D eigenvalue weighted by Gasteiger charge is 2.17. The normalized spacial score (nSPS) is 11.6. The largest absolute Gasteiger partial charge is 0.338 e. The van der Waals surface area contributed by atoms with Gasteiger partial charge in [0.2, 0.25) is 0 Å². The van der Waals surface area contributed by atoms with Crippen molar-refractivity contribution in [3.63, 3.8) is 0 Å². The number of halogens is 1. The Morgan fingerprint density at radius 3 is 2.62 bits per heavy atom. The Kier molecular flexibility index (Phi) is 2.72. The molecule has 0 bridgehead atoms. The van der Waals surface area contributed by atoms with Gasteiger partial charge in [0.1, 0.15) is 5.82 Å². The number of aromatic nitrogens is 1. The van der Waals surface area contributed by atoms with E-state index in [1.54, 1.807) is 6.07 Å². The average Bonchev–Trinajstić information content (AvgIpc) is 2.53. The summed E-state index contributed by atoms with van der Waals surface area (Å²) in [5.41, 5.74) is 8.55. The maximum Gasteiger partial charge on any atom is 0.147 e. The van der Waals surface area contributed by atoms with Crippen molar-refractivity contribution in [3.05, 3.63) is 35.3 Å². The Labute approximate surface area is 94.9 Å². The number of nitrogens with zero attached hydrogens (tertiary/aromatic N) is 1. The molecule has 1 heterocycles. The van der Waals surface area contributed by atoms with Crippen LogP contribution in [0.15, 0.2) is 18.2 Å². The first-order chi connectivity index (χ1) is 7.57. The second-order valence-corrected chi connectivity index (χ2v) is 4.38. The number of rotatable bonds is 2. The van der Waals surface area contributed by atoms with Crippen LogP contribution in [0.2, 0.25) is 0 Å². The topological polar surface area (TPSA) is 30.9 Å². The van der Waals surface area contributed by atoms with Gasteiger partial charge in [-0.05, 0) is 32.4 Å². The first-order valence-corrected chi connectivity index (χ1v) is 5.55. The Balaban J connectivity index is 2.93. The Bertz CT molecular complexity index is 526. The quantitative estimate of drug-likeness (QED) is 0.828. The lowest BCUT2D eigenvalue weighted by atomic mass is 10.1. The molecule has 0 aliphatic rings. The minimum atomic E-state index is -0.172. The zero-order valence-corrected chi connectivity index (χ0v) is 9.92. The average molecular weight is 220 g/mol. The molecule has 2 rings (SSSR count). The maximum atomic E-state index is 13.9. The molecule has 0 saturated carbocycles. The predicted molar refractivity (Wildman–Crippen MR) is 64.9 cm³/mol. The van der Waals surface area contributed by atoms with E-state index >= 15 is 0 Å². The number of nitrogens with two attached hydrogens (primary N) is 1. The molecule has 0 spiro atoms. The third kappa shape index (κ3) is 1.43. The van der Waals surface area contributed by atoms with Crippen molar-refractivity contribution in [2.45, 2.75) is 33.4 Å². The summed E-state index contributed by atoms with van der Waals surface area (Å²) in [5.74, 6) is -0.172. The van der Waals surface area contributed by atoms with Crippen LogP contribution in [-0.2, 0) is 6.54 Å². The van der Waals surface area contributed by atoms with Crippen molar-refractivity contribution >= 4 is 10.9 Å². The van der Waals surface area contributed by atoms with Crippen molar-refractivity contribution in [3.8, 4) is 0 Å². The SMILES string of the molecule is Cc1c(CN)n(C(C)C)c2c(F)cccc12. The molecule has 0 aliphatic heterocycles. The van der Waals surface area contributed by atoms with Crippen LogP contribution in [0, 0.1) is 12.7 Å². The van der Waals surface area contributed by atoms with Crippen molar-refractivity contribution in [1.82, 2.24) is 4.57 Å². The molecular formula is C13H17FN2. The van der Waals surface area contributed by atoms with E-state index in [0.29, 0.717) is 12.1 Å². The smallest absolute Gasteiger partial charge is 0.147 e. The monoisotopic (exact) mass is 220 g/mol. The van der Waals surface area contributed by atoms with Crippen molar-refractivity contribution in [1.29, 1.82) is 0 Å². The summed E-state index contributed by atoms with van der Waals surface area (Å²) in [6.45, 7) is 6.54.